The Morgan fingerprint density at radius 2 is 1.80 bits per heavy atom. The highest BCUT2D eigenvalue weighted by molar-refractivity contribution is 5.44. The summed E-state index contributed by atoms with van der Waals surface area (Å²) in [6.07, 6.45) is 2.33. The van der Waals surface area contributed by atoms with Crippen molar-refractivity contribution in [2.24, 2.45) is 5.92 Å². The van der Waals surface area contributed by atoms with E-state index in [4.69, 9.17) is 9.47 Å². The van der Waals surface area contributed by atoms with E-state index in [-0.39, 0.29) is 0 Å². The van der Waals surface area contributed by atoms with Crippen molar-refractivity contribution in [3.8, 4) is 11.5 Å². The molecular weight excluding hydrogens is 256 g/mol. The molecule has 0 aromatic heterocycles. The highest BCUT2D eigenvalue weighted by atomic mass is 16.6. The third-order valence-corrected chi connectivity index (χ3v) is 4.53. The molecule has 20 heavy (non-hydrogen) atoms. The van der Waals surface area contributed by atoms with Gasteiger partial charge in [0.05, 0.1) is 5.60 Å². The maximum atomic E-state index is 10.7. The van der Waals surface area contributed by atoms with Gasteiger partial charge in [0, 0.05) is 0 Å². The lowest BCUT2D eigenvalue weighted by Gasteiger charge is -2.38. The Bertz CT molecular complexity index is 477. The van der Waals surface area contributed by atoms with Crippen molar-refractivity contribution < 1.29 is 19.7 Å². The average Bonchev–Trinajstić information content (AvgIpc) is 2.49. The minimum absolute atomic E-state index is 0.522. The van der Waals surface area contributed by atoms with E-state index in [2.05, 4.69) is 6.92 Å². The Hall–Kier alpha value is -1.26. The minimum Gasteiger partial charge on any atom is -0.486 e. The number of hydrogen-bond acceptors (Lipinski definition) is 4. The lowest BCUT2D eigenvalue weighted by atomic mass is 9.75. The van der Waals surface area contributed by atoms with Gasteiger partial charge in [-0.3, -0.25) is 0 Å². The third kappa shape index (κ3) is 2.50. The van der Waals surface area contributed by atoms with Gasteiger partial charge in [-0.1, -0.05) is 13.0 Å². The van der Waals surface area contributed by atoms with Crippen molar-refractivity contribution in [3.05, 3.63) is 23.8 Å². The second kappa shape index (κ2) is 5.26. The summed E-state index contributed by atoms with van der Waals surface area (Å²) >= 11 is 0. The standard InChI is InChI=1S/C16H22O4/c1-11-4-6-16(18,7-5-11)15(17)12-2-3-13-14(10-12)20-9-8-19-13/h2-3,10-11,15,17-18H,4-9H2,1H3. The van der Waals surface area contributed by atoms with E-state index in [1.54, 1.807) is 6.07 Å². The number of benzene rings is 1. The quantitative estimate of drug-likeness (QED) is 0.872. The lowest BCUT2D eigenvalue weighted by molar-refractivity contribution is -0.105. The summed E-state index contributed by atoms with van der Waals surface area (Å²) in [7, 11) is 0. The van der Waals surface area contributed by atoms with Crippen LogP contribution in [0.3, 0.4) is 0 Å². The molecule has 0 bridgehead atoms. The average molecular weight is 278 g/mol. The zero-order valence-electron chi connectivity index (χ0n) is 11.8. The molecule has 1 heterocycles. The molecule has 0 radical (unpaired) electrons. The molecule has 1 unspecified atom stereocenters. The van der Waals surface area contributed by atoms with Gasteiger partial charge in [0.25, 0.3) is 0 Å². The molecule has 110 valence electrons. The maximum absolute atomic E-state index is 10.7. The Morgan fingerprint density at radius 3 is 2.50 bits per heavy atom. The van der Waals surface area contributed by atoms with Gasteiger partial charge in [-0.15, -0.1) is 0 Å². The largest absolute Gasteiger partial charge is 0.486 e. The molecule has 1 aromatic carbocycles. The van der Waals surface area contributed by atoms with E-state index in [1.807, 2.05) is 12.1 Å². The summed E-state index contributed by atoms with van der Waals surface area (Å²) < 4.78 is 11.0. The third-order valence-electron chi connectivity index (χ3n) is 4.53. The zero-order valence-corrected chi connectivity index (χ0v) is 11.8. The predicted octanol–water partition coefficient (Wildman–Crippen LogP) is 2.43. The van der Waals surface area contributed by atoms with Crippen LogP contribution in [0.4, 0.5) is 0 Å². The Labute approximate surface area is 119 Å². The second-order valence-corrected chi connectivity index (χ2v) is 6.09. The highest BCUT2D eigenvalue weighted by Crippen LogP contribution is 2.42. The van der Waals surface area contributed by atoms with Crippen molar-refractivity contribution in [3.63, 3.8) is 0 Å². The molecule has 1 atom stereocenters. The van der Waals surface area contributed by atoms with Gasteiger partial charge in [0.15, 0.2) is 11.5 Å². The summed E-state index contributed by atoms with van der Waals surface area (Å²) in [4.78, 5) is 0. The maximum Gasteiger partial charge on any atom is 0.161 e. The topological polar surface area (TPSA) is 58.9 Å². The molecule has 1 aromatic rings. The van der Waals surface area contributed by atoms with E-state index in [0.717, 1.165) is 12.8 Å². The highest BCUT2D eigenvalue weighted by Gasteiger charge is 2.39. The van der Waals surface area contributed by atoms with Crippen LogP contribution in [0.15, 0.2) is 18.2 Å². The van der Waals surface area contributed by atoms with Crippen molar-refractivity contribution in [2.45, 2.75) is 44.3 Å². The number of aliphatic hydroxyl groups excluding tert-OH is 1. The van der Waals surface area contributed by atoms with Crippen molar-refractivity contribution >= 4 is 0 Å². The molecule has 4 heteroatoms. The second-order valence-electron chi connectivity index (χ2n) is 6.09. The van der Waals surface area contributed by atoms with Gasteiger partial charge in [-0.25, -0.2) is 0 Å². The molecule has 1 fully saturated rings. The molecule has 1 aliphatic carbocycles. The number of hydrogen-bond donors (Lipinski definition) is 2. The number of rotatable bonds is 2. The summed E-state index contributed by atoms with van der Waals surface area (Å²) in [5, 5.41) is 21.2. The Kier molecular flexibility index (Phi) is 3.61. The molecule has 1 aliphatic heterocycles. The van der Waals surface area contributed by atoms with Gasteiger partial charge in [0.2, 0.25) is 0 Å². The van der Waals surface area contributed by atoms with Crippen molar-refractivity contribution in [1.29, 1.82) is 0 Å². The lowest BCUT2D eigenvalue weighted by Crippen LogP contribution is -2.39. The first kappa shape index (κ1) is 13.7. The normalized spacial score (nSPS) is 30.9. The molecule has 0 spiro atoms. The Balaban J connectivity index is 1.81. The molecule has 4 nitrogen and oxygen atoms in total. The van der Waals surface area contributed by atoms with E-state index in [1.165, 1.54) is 0 Å². The first-order valence-electron chi connectivity index (χ1n) is 7.38. The van der Waals surface area contributed by atoms with Gasteiger partial charge < -0.3 is 19.7 Å². The minimum atomic E-state index is -1.02. The fourth-order valence-corrected chi connectivity index (χ4v) is 3.08. The number of ether oxygens (including phenoxy) is 2. The van der Waals surface area contributed by atoms with E-state index >= 15 is 0 Å². The number of fused-ring (bicyclic) bond motifs is 1. The van der Waals surface area contributed by atoms with Gasteiger partial charge in [-0.05, 0) is 49.3 Å². The first-order chi connectivity index (χ1) is 9.58. The van der Waals surface area contributed by atoms with Crippen LogP contribution in [0.2, 0.25) is 0 Å². The van der Waals surface area contributed by atoms with Gasteiger partial charge in [0.1, 0.15) is 19.3 Å². The molecule has 2 N–H and O–H groups in total. The SMILES string of the molecule is CC1CCC(O)(C(O)c2ccc3c(c2)OCCO3)CC1. The summed E-state index contributed by atoms with van der Waals surface area (Å²) in [5.41, 5.74) is -0.317. The summed E-state index contributed by atoms with van der Waals surface area (Å²) in [6, 6.07) is 5.41. The van der Waals surface area contributed by atoms with Crippen LogP contribution in [-0.2, 0) is 0 Å². The van der Waals surface area contributed by atoms with Crippen LogP contribution in [-0.4, -0.2) is 29.0 Å². The van der Waals surface area contributed by atoms with Crippen molar-refractivity contribution in [1.82, 2.24) is 0 Å². The van der Waals surface area contributed by atoms with Crippen LogP contribution >= 0.6 is 0 Å². The van der Waals surface area contributed by atoms with Gasteiger partial charge in [-0.2, -0.15) is 0 Å². The van der Waals surface area contributed by atoms with Crippen LogP contribution < -0.4 is 9.47 Å². The van der Waals surface area contributed by atoms with Crippen LogP contribution in [0, 0.1) is 5.92 Å². The van der Waals surface area contributed by atoms with Crippen LogP contribution in [0.1, 0.15) is 44.3 Å². The zero-order chi connectivity index (χ0) is 14.2. The fourth-order valence-electron chi connectivity index (χ4n) is 3.08. The summed E-state index contributed by atoms with van der Waals surface area (Å²) in [6.45, 7) is 3.26. The smallest absolute Gasteiger partial charge is 0.161 e. The molecule has 0 saturated heterocycles. The number of aliphatic hydroxyl groups is 2. The van der Waals surface area contributed by atoms with Crippen molar-refractivity contribution in [2.75, 3.05) is 13.2 Å². The molecule has 3 rings (SSSR count). The molecular formula is C16H22O4. The van der Waals surface area contributed by atoms with E-state index in [0.29, 0.717) is 49.0 Å². The van der Waals surface area contributed by atoms with E-state index in [9.17, 15) is 10.2 Å². The van der Waals surface area contributed by atoms with E-state index < -0.39 is 11.7 Å². The Morgan fingerprint density at radius 1 is 1.15 bits per heavy atom. The monoisotopic (exact) mass is 278 g/mol. The molecule has 2 aliphatic rings. The predicted molar refractivity (Wildman–Crippen MR) is 75.0 cm³/mol. The molecule has 1 saturated carbocycles. The van der Waals surface area contributed by atoms with Crippen LogP contribution in [0.5, 0.6) is 11.5 Å². The van der Waals surface area contributed by atoms with Gasteiger partial charge >= 0.3 is 0 Å². The summed E-state index contributed by atoms with van der Waals surface area (Å²) in [5.74, 6) is 1.99. The fraction of sp³-hybridized carbons (Fsp3) is 0.625. The van der Waals surface area contributed by atoms with Crippen LogP contribution in [0.25, 0.3) is 0 Å². The first-order valence-corrected chi connectivity index (χ1v) is 7.38. The molecule has 0 amide bonds.